The van der Waals surface area contributed by atoms with Gasteiger partial charge in [-0.3, -0.25) is 19.4 Å². The smallest absolute Gasteiger partial charge is 0.316 e. The highest BCUT2D eigenvalue weighted by atomic mass is 19.1. The summed E-state index contributed by atoms with van der Waals surface area (Å²) in [6, 6.07) is 0. The Morgan fingerprint density at radius 3 is 1.72 bits per heavy atom. The first-order valence-electron chi connectivity index (χ1n) is 13.5. The molecule has 1 atom stereocenters. The number of hydrogen-bond donors (Lipinski definition) is 0. The van der Waals surface area contributed by atoms with E-state index in [1.807, 2.05) is 9.80 Å². The van der Waals surface area contributed by atoms with Crippen LogP contribution in [-0.2, 0) is 14.3 Å². The van der Waals surface area contributed by atoms with E-state index in [0.29, 0.717) is 50.8 Å². The molecular weight excluding hydrogens is 510 g/mol. The summed E-state index contributed by atoms with van der Waals surface area (Å²) in [5.41, 5.74) is 0. The van der Waals surface area contributed by atoms with Gasteiger partial charge in [0.25, 0.3) is 0 Å². The van der Waals surface area contributed by atoms with Gasteiger partial charge in [0.05, 0.1) is 31.4 Å². The van der Waals surface area contributed by atoms with E-state index >= 15 is 0 Å². The number of rotatable bonds is 12. The lowest BCUT2D eigenvalue weighted by Gasteiger charge is -2.35. The standard InChI is InChI=1S/C26H36F2N8O3/c1-2-39-24(38)22(5-7-34-10-14-36(15-11-34)26-31-18-21(28)19-32-26)23(37)4-3-6-33-8-12-35(13-9-33)25-29-16-20(27)17-30-25/h16-19,22H,2-15H2,1H3. The first-order valence-corrected chi connectivity index (χ1v) is 13.5. The van der Waals surface area contributed by atoms with Gasteiger partial charge in [0.2, 0.25) is 11.9 Å². The lowest BCUT2D eigenvalue weighted by molar-refractivity contribution is -0.152. The number of nitrogens with zero attached hydrogens (tertiary/aromatic N) is 8. The van der Waals surface area contributed by atoms with Crippen LogP contribution in [0.4, 0.5) is 20.7 Å². The third-order valence-electron chi connectivity index (χ3n) is 7.11. The molecule has 4 rings (SSSR count). The molecule has 0 spiro atoms. The summed E-state index contributed by atoms with van der Waals surface area (Å²) in [5, 5.41) is 0. The predicted molar refractivity (Wildman–Crippen MR) is 140 cm³/mol. The number of hydrogen-bond acceptors (Lipinski definition) is 11. The summed E-state index contributed by atoms with van der Waals surface area (Å²) in [6.45, 7) is 9.24. The van der Waals surface area contributed by atoms with Crippen molar-refractivity contribution >= 4 is 23.6 Å². The topological polar surface area (TPSA) is 108 Å². The predicted octanol–water partition coefficient (Wildman–Crippen LogP) is 1.41. The van der Waals surface area contributed by atoms with Gasteiger partial charge in [-0.05, 0) is 32.9 Å². The van der Waals surface area contributed by atoms with Crippen LogP contribution in [0, 0.1) is 17.6 Å². The van der Waals surface area contributed by atoms with Crippen LogP contribution in [0.1, 0.15) is 26.2 Å². The average Bonchev–Trinajstić information content (AvgIpc) is 2.95. The number of ketones is 1. The lowest BCUT2D eigenvalue weighted by atomic mass is 9.96. The molecule has 0 aliphatic carbocycles. The average molecular weight is 547 g/mol. The number of anilines is 2. The molecule has 4 heterocycles. The minimum Gasteiger partial charge on any atom is -0.465 e. The van der Waals surface area contributed by atoms with E-state index in [2.05, 4.69) is 29.7 Å². The van der Waals surface area contributed by atoms with Crippen LogP contribution in [0.5, 0.6) is 0 Å². The zero-order valence-corrected chi connectivity index (χ0v) is 22.3. The summed E-state index contributed by atoms with van der Waals surface area (Å²) >= 11 is 0. The fourth-order valence-electron chi connectivity index (χ4n) is 4.90. The summed E-state index contributed by atoms with van der Waals surface area (Å²) in [5.74, 6) is -1.20. The number of carbonyl (C=O) groups excluding carboxylic acids is 2. The number of aromatic nitrogens is 4. The van der Waals surface area contributed by atoms with Crippen molar-refractivity contribution < 1.29 is 23.1 Å². The number of carbonyl (C=O) groups is 2. The van der Waals surface area contributed by atoms with E-state index in [-0.39, 0.29) is 12.4 Å². The van der Waals surface area contributed by atoms with Crippen LogP contribution >= 0.6 is 0 Å². The summed E-state index contributed by atoms with van der Waals surface area (Å²) in [7, 11) is 0. The quantitative estimate of drug-likeness (QED) is 0.285. The molecule has 2 aromatic rings. The second-order valence-corrected chi connectivity index (χ2v) is 9.72. The number of piperazine rings is 2. The van der Waals surface area contributed by atoms with Crippen molar-refractivity contribution in [2.24, 2.45) is 5.92 Å². The van der Waals surface area contributed by atoms with E-state index in [4.69, 9.17) is 4.74 Å². The Labute approximate surface area is 227 Å². The highest BCUT2D eigenvalue weighted by Gasteiger charge is 2.29. The van der Waals surface area contributed by atoms with Gasteiger partial charge < -0.3 is 14.5 Å². The number of halogens is 2. The van der Waals surface area contributed by atoms with Gasteiger partial charge in [0, 0.05) is 58.8 Å². The van der Waals surface area contributed by atoms with Crippen LogP contribution in [0.25, 0.3) is 0 Å². The van der Waals surface area contributed by atoms with Crippen LogP contribution in [-0.4, -0.2) is 114 Å². The molecule has 0 N–H and O–H groups in total. The van der Waals surface area contributed by atoms with Gasteiger partial charge >= 0.3 is 5.97 Å². The minimum atomic E-state index is -0.768. The molecule has 212 valence electrons. The Balaban J connectivity index is 1.18. The lowest BCUT2D eigenvalue weighted by Crippen LogP contribution is -2.48. The summed E-state index contributed by atoms with van der Waals surface area (Å²) < 4.78 is 31.4. The Morgan fingerprint density at radius 1 is 0.795 bits per heavy atom. The first-order chi connectivity index (χ1) is 18.9. The molecule has 2 saturated heterocycles. The second-order valence-electron chi connectivity index (χ2n) is 9.72. The van der Waals surface area contributed by atoms with Crippen molar-refractivity contribution in [2.45, 2.75) is 26.2 Å². The molecule has 2 fully saturated rings. The zero-order valence-electron chi connectivity index (χ0n) is 22.3. The molecule has 0 aromatic carbocycles. The molecule has 0 radical (unpaired) electrons. The first kappa shape index (κ1) is 28.7. The van der Waals surface area contributed by atoms with Crippen LogP contribution in [0.15, 0.2) is 24.8 Å². The largest absolute Gasteiger partial charge is 0.465 e. The maximum absolute atomic E-state index is 13.1. The molecule has 0 amide bonds. The Hall–Kier alpha value is -3.32. The summed E-state index contributed by atoms with van der Waals surface area (Å²) in [4.78, 5) is 50.3. The Bertz CT molecular complexity index is 1060. The highest BCUT2D eigenvalue weighted by Crippen LogP contribution is 2.17. The fourth-order valence-corrected chi connectivity index (χ4v) is 4.90. The second kappa shape index (κ2) is 14.2. The monoisotopic (exact) mass is 546 g/mol. The van der Waals surface area contributed by atoms with Crippen LogP contribution in [0.3, 0.4) is 0 Å². The minimum absolute atomic E-state index is 0.0786. The van der Waals surface area contributed by atoms with Crippen molar-refractivity contribution in [1.29, 1.82) is 0 Å². The van der Waals surface area contributed by atoms with E-state index in [1.54, 1.807) is 6.92 Å². The van der Waals surface area contributed by atoms with Crippen molar-refractivity contribution in [3.05, 3.63) is 36.4 Å². The normalized spacial score (nSPS) is 17.7. The highest BCUT2D eigenvalue weighted by molar-refractivity contribution is 5.99. The molecule has 2 aromatic heterocycles. The molecule has 2 aliphatic rings. The maximum atomic E-state index is 13.1. The molecule has 0 saturated carbocycles. The Kier molecular flexibility index (Phi) is 10.4. The fraction of sp³-hybridized carbons (Fsp3) is 0.615. The van der Waals surface area contributed by atoms with Gasteiger partial charge in [0.1, 0.15) is 11.7 Å². The SMILES string of the molecule is CCOC(=O)C(CCN1CCN(c2ncc(F)cn2)CC1)C(=O)CCCN1CCN(c2ncc(F)cn2)CC1. The third kappa shape index (κ3) is 8.33. The van der Waals surface area contributed by atoms with Gasteiger partial charge in [-0.15, -0.1) is 0 Å². The van der Waals surface area contributed by atoms with Crippen molar-refractivity contribution in [3.63, 3.8) is 0 Å². The molecule has 0 bridgehead atoms. The number of esters is 1. The van der Waals surface area contributed by atoms with Crippen molar-refractivity contribution in [2.75, 3.05) is 81.9 Å². The number of ether oxygens (including phenoxy) is 1. The van der Waals surface area contributed by atoms with Crippen LogP contribution < -0.4 is 9.80 Å². The van der Waals surface area contributed by atoms with Gasteiger partial charge in [-0.2, -0.15) is 0 Å². The van der Waals surface area contributed by atoms with E-state index in [1.165, 1.54) is 12.4 Å². The van der Waals surface area contributed by atoms with Gasteiger partial charge in [0.15, 0.2) is 11.6 Å². The van der Waals surface area contributed by atoms with Crippen LogP contribution in [0.2, 0.25) is 0 Å². The van der Waals surface area contributed by atoms with Crippen molar-refractivity contribution in [3.8, 4) is 0 Å². The van der Waals surface area contributed by atoms with Crippen molar-refractivity contribution in [1.82, 2.24) is 29.7 Å². The molecule has 1 unspecified atom stereocenters. The van der Waals surface area contributed by atoms with E-state index in [0.717, 1.165) is 58.2 Å². The maximum Gasteiger partial charge on any atom is 0.316 e. The molecule has 2 aliphatic heterocycles. The third-order valence-corrected chi connectivity index (χ3v) is 7.11. The van der Waals surface area contributed by atoms with Gasteiger partial charge in [-0.1, -0.05) is 0 Å². The van der Waals surface area contributed by atoms with E-state index < -0.39 is 23.5 Å². The molecule has 13 heteroatoms. The van der Waals surface area contributed by atoms with Gasteiger partial charge in [-0.25, -0.2) is 28.7 Å². The molecular formula is C26H36F2N8O3. The Morgan fingerprint density at radius 2 is 1.26 bits per heavy atom. The molecule has 39 heavy (non-hydrogen) atoms. The summed E-state index contributed by atoms with van der Waals surface area (Å²) in [6.07, 6.45) is 6.06. The molecule has 11 nitrogen and oxygen atoms in total. The van der Waals surface area contributed by atoms with E-state index in [9.17, 15) is 18.4 Å². The zero-order chi connectivity index (χ0) is 27.6. The number of Topliss-reactive ketones (excluding diaryl/α,β-unsaturated/α-hetero) is 1.